The van der Waals surface area contributed by atoms with Crippen molar-refractivity contribution in [1.82, 2.24) is 0 Å². The van der Waals surface area contributed by atoms with Crippen LogP contribution in [0.4, 0.5) is 15.8 Å². The lowest BCUT2D eigenvalue weighted by Gasteiger charge is -2.30. The van der Waals surface area contributed by atoms with E-state index in [1.54, 1.807) is 6.92 Å². The fourth-order valence-corrected chi connectivity index (χ4v) is 4.15. The molecule has 0 aromatic heterocycles. The Bertz CT molecular complexity index is 1010. The van der Waals surface area contributed by atoms with Gasteiger partial charge in [0.1, 0.15) is 11.9 Å². The van der Waals surface area contributed by atoms with Crippen LogP contribution >= 0.6 is 11.6 Å². The maximum Gasteiger partial charge on any atom is 0.339 e. The van der Waals surface area contributed by atoms with Gasteiger partial charge in [0.25, 0.3) is 0 Å². The molecule has 2 aromatic carbocycles. The van der Waals surface area contributed by atoms with E-state index in [9.17, 15) is 22.4 Å². The van der Waals surface area contributed by atoms with Gasteiger partial charge in [-0.05, 0) is 48.9 Å². The van der Waals surface area contributed by atoms with Gasteiger partial charge in [-0.1, -0.05) is 18.5 Å². The van der Waals surface area contributed by atoms with Crippen LogP contribution in [0.15, 0.2) is 42.5 Å². The number of anilines is 2. The highest BCUT2D eigenvalue weighted by atomic mass is 35.5. The Balaban J connectivity index is 2.37. The molecule has 0 spiro atoms. The fourth-order valence-electron chi connectivity index (χ4n) is 2.74. The molecule has 1 atom stereocenters. The first-order valence-electron chi connectivity index (χ1n) is 8.52. The third-order valence-electron chi connectivity index (χ3n) is 4.05. The van der Waals surface area contributed by atoms with Gasteiger partial charge in [-0.25, -0.2) is 17.6 Å². The van der Waals surface area contributed by atoms with Crippen LogP contribution in [-0.4, -0.2) is 39.7 Å². The van der Waals surface area contributed by atoms with Gasteiger partial charge in [0, 0.05) is 5.69 Å². The quantitative estimate of drug-likeness (QED) is 0.663. The highest BCUT2D eigenvalue weighted by molar-refractivity contribution is 7.92. The molecule has 29 heavy (non-hydrogen) atoms. The highest BCUT2D eigenvalue weighted by Crippen LogP contribution is 2.25. The van der Waals surface area contributed by atoms with Crippen LogP contribution in [0.3, 0.4) is 0 Å². The van der Waals surface area contributed by atoms with E-state index in [0.29, 0.717) is 0 Å². The average molecular weight is 443 g/mol. The summed E-state index contributed by atoms with van der Waals surface area (Å²) in [5.74, 6) is -1.83. The van der Waals surface area contributed by atoms with Crippen molar-refractivity contribution < 1.29 is 27.1 Å². The first kappa shape index (κ1) is 22.6. The lowest BCUT2D eigenvalue weighted by atomic mass is 10.1. The Kier molecular flexibility index (Phi) is 7.21. The molecule has 2 aromatic rings. The maximum atomic E-state index is 13.2. The molecule has 0 radical (unpaired) electrons. The summed E-state index contributed by atoms with van der Waals surface area (Å²) >= 11 is 5.97. The van der Waals surface area contributed by atoms with Gasteiger partial charge in [-0.3, -0.25) is 9.10 Å². The number of halogens is 2. The predicted molar refractivity (Wildman–Crippen MR) is 109 cm³/mol. The number of hydrogen-bond donors (Lipinski definition) is 1. The van der Waals surface area contributed by atoms with E-state index in [2.05, 4.69) is 10.1 Å². The summed E-state index contributed by atoms with van der Waals surface area (Å²) in [7, 11) is -2.66. The van der Waals surface area contributed by atoms with Crippen molar-refractivity contribution >= 4 is 44.9 Å². The standard InChI is InChI=1S/C19H20ClFN2O5S/c1-4-17(23(29(3,26)27)14-8-5-12(21)6-9-14)18(24)22-13-7-10-16(20)15(11-13)19(25)28-2/h5-11,17H,4H2,1-3H3,(H,22,24)/t17-/m0/s1. The monoisotopic (exact) mass is 442 g/mol. The zero-order valence-electron chi connectivity index (χ0n) is 16.0. The molecule has 0 aliphatic rings. The molecule has 0 bridgehead atoms. The average Bonchev–Trinajstić information content (AvgIpc) is 2.66. The van der Waals surface area contributed by atoms with E-state index in [1.807, 2.05) is 0 Å². The minimum Gasteiger partial charge on any atom is -0.465 e. The van der Waals surface area contributed by atoms with Crippen LogP contribution in [0.5, 0.6) is 0 Å². The summed E-state index contributed by atoms with van der Waals surface area (Å²) in [5, 5.41) is 2.73. The number of hydrogen-bond acceptors (Lipinski definition) is 5. The first-order valence-corrected chi connectivity index (χ1v) is 10.7. The molecule has 0 fully saturated rings. The summed E-state index contributed by atoms with van der Waals surface area (Å²) in [6.45, 7) is 1.65. The zero-order chi connectivity index (χ0) is 21.8. The van der Waals surface area contributed by atoms with Crippen molar-refractivity contribution in [3.8, 4) is 0 Å². The number of ether oxygens (including phenoxy) is 1. The number of methoxy groups -OCH3 is 1. The van der Waals surface area contributed by atoms with E-state index in [-0.39, 0.29) is 28.4 Å². The van der Waals surface area contributed by atoms with Gasteiger partial charge >= 0.3 is 5.97 Å². The molecule has 0 saturated heterocycles. The van der Waals surface area contributed by atoms with Gasteiger partial charge in [-0.15, -0.1) is 0 Å². The SMILES string of the molecule is CC[C@@H](C(=O)Nc1ccc(Cl)c(C(=O)OC)c1)N(c1ccc(F)cc1)S(C)(=O)=O. The van der Waals surface area contributed by atoms with E-state index in [1.165, 1.54) is 37.4 Å². The number of esters is 1. The second kappa shape index (κ2) is 9.23. The maximum absolute atomic E-state index is 13.2. The van der Waals surface area contributed by atoms with Crippen LogP contribution in [-0.2, 0) is 19.6 Å². The third-order valence-corrected chi connectivity index (χ3v) is 5.56. The largest absolute Gasteiger partial charge is 0.465 e. The molecule has 0 heterocycles. The summed E-state index contributed by atoms with van der Waals surface area (Å²) < 4.78 is 43.6. The van der Waals surface area contributed by atoms with E-state index >= 15 is 0 Å². The van der Waals surface area contributed by atoms with Crippen molar-refractivity contribution in [1.29, 1.82) is 0 Å². The van der Waals surface area contributed by atoms with Gasteiger partial charge < -0.3 is 10.1 Å². The topological polar surface area (TPSA) is 92.8 Å². The van der Waals surface area contributed by atoms with Crippen molar-refractivity contribution in [2.45, 2.75) is 19.4 Å². The molecule has 0 aliphatic heterocycles. The third kappa shape index (κ3) is 5.45. The number of rotatable bonds is 7. The van der Waals surface area contributed by atoms with E-state index < -0.39 is 33.8 Å². The van der Waals surface area contributed by atoms with Crippen LogP contribution < -0.4 is 9.62 Å². The van der Waals surface area contributed by atoms with Crippen molar-refractivity contribution in [3.63, 3.8) is 0 Å². The normalized spacial score (nSPS) is 12.2. The van der Waals surface area contributed by atoms with Gasteiger partial charge in [-0.2, -0.15) is 0 Å². The summed E-state index contributed by atoms with van der Waals surface area (Å²) in [5.41, 5.74) is 0.451. The molecule has 0 unspecified atom stereocenters. The highest BCUT2D eigenvalue weighted by Gasteiger charge is 2.31. The second-order valence-electron chi connectivity index (χ2n) is 6.13. The fraction of sp³-hybridized carbons (Fsp3) is 0.263. The van der Waals surface area contributed by atoms with Crippen LogP contribution in [0.1, 0.15) is 23.7 Å². The Morgan fingerprint density at radius 3 is 2.34 bits per heavy atom. The van der Waals surface area contributed by atoms with Gasteiger partial charge in [0.05, 0.1) is 29.6 Å². The Hall–Kier alpha value is -2.65. The van der Waals surface area contributed by atoms with Crippen LogP contribution in [0.25, 0.3) is 0 Å². The molecule has 10 heteroatoms. The molecule has 7 nitrogen and oxygen atoms in total. The van der Waals surface area contributed by atoms with Crippen molar-refractivity contribution in [2.75, 3.05) is 23.0 Å². The first-order chi connectivity index (χ1) is 13.6. The lowest BCUT2D eigenvalue weighted by Crippen LogP contribution is -2.47. The molecule has 1 N–H and O–H groups in total. The minimum atomic E-state index is -3.86. The van der Waals surface area contributed by atoms with Crippen LogP contribution in [0, 0.1) is 5.82 Å². The molecular weight excluding hydrogens is 423 g/mol. The molecule has 2 rings (SSSR count). The Labute approximate surface area is 173 Å². The van der Waals surface area contributed by atoms with Crippen LogP contribution in [0.2, 0.25) is 5.02 Å². The second-order valence-corrected chi connectivity index (χ2v) is 8.40. The number of amides is 1. The molecule has 0 saturated carbocycles. The molecular formula is C19H20ClFN2O5S. The van der Waals surface area contributed by atoms with Crippen molar-refractivity contribution in [3.05, 3.63) is 58.9 Å². The van der Waals surface area contributed by atoms with Gasteiger partial charge in [0.2, 0.25) is 15.9 Å². The van der Waals surface area contributed by atoms with Gasteiger partial charge in [0.15, 0.2) is 0 Å². The molecule has 1 amide bonds. The molecule has 0 aliphatic carbocycles. The number of carbonyl (C=O) groups is 2. The predicted octanol–water partition coefficient (Wildman–Crippen LogP) is 3.45. The van der Waals surface area contributed by atoms with E-state index in [4.69, 9.17) is 11.6 Å². The smallest absolute Gasteiger partial charge is 0.339 e. The number of benzene rings is 2. The summed E-state index contributed by atoms with van der Waals surface area (Å²) in [6, 6.07) is 7.91. The summed E-state index contributed by atoms with van der Waals surface area (Å²) in [4.78, 5) is 24.6. The molecule has 156 valence electrons. The Morgan fingerprint density at radius 2 is 1.83 bits per heavy atom. The number of carbonyl (C=O) groups excluding carboxylic acids is 2. The van der Waals surface area contributed by atoms with E-state index in [0.717, 1.165) is 22.7 Å². The number of nitrogens with zero attached hydrogens (tertiary/aromatic N) is 1. The minimum absolute atomic E-state index is 0.0542. The number of nitrogens with one attached hydrogen (secondary N) is 1. The lowest BCUT2D eigenvalue weighted by molar-refractivity contribution is -0.117. The van der Waals surface area contributed by atoms with Crippen molar-refractivity contribution in [2.24, 2.45) is 0 Å². The number of sulfonamides is 1. The summed E-state index contributed by atoms with van der Waals surface area (Å²) in [6.07, 6.45) is 1.11. The zero-order valence-corrected chi connectivity index (χ0v) is 17.6. The Morgan fingerprint density at radius 1 is 1.21 bits per heavy atom.